The van der Waals surface area contributed by atoms with E-state index in [0.717, 1.165) is 0 Å². The van der Waals surface area contributed by atoms with E-state index in [1.54, 1.807) is 0 Å². The molecule has 32 valence electrons. The quantitative estimate of drug-likeness (QED) is 0.446. The van der Waals surface area contributed by atoms with Gasteiger partial charge < -0.3 is 0 Å². The van der Waals surface area contributed by atoms with Gasteiger partial charge in [-0.05, 0) is 6.90 Å². The number of alkyl halides is 3. The first-order chi connectivity index (χ1) is 2.56. The number of halogens is 3. The summed E-state index contributed by atoms with van der Waals surface area (Å²) < 4.78 is 5.08. The van der Waals surface area contributed by atoms with Gasteiger partial charge in [0.25, 0.3) is 0 Å². The Morgan fingerprint density at radius 1 is 1.60 bits per heavy atom. The lowest BCUT2D eigenvalue weighted by atomic mass is 10.9. The molecule has 0 atom stereocenters. The molecule has 0 nitrogen and oxygen atoms in total. The second-order valence-electron chi connectivity index (χ2n) is 0.615. The van der Waals surface area contributed by atoms with E-state index in [1.165, 1.54) is 0 Å². The Kier molecular flexibility index (Phi) is 1.25. The number of hydrogen-bond donors (Lipinski definition) is 0. The molecule has 0 unspecified atom stereocenters. The predicted molar refractivity (Wildman–Crippen MR) is 26.0 cm³/mol. The van der Waals surface area contributed by atoms with Crippen LogP contribution in [0.1, 0.15) is 8.27 Å². The van der Waals surface area contributed by atoms with Gasteiger partial charge >= 0.3 is 0 Å². The van der Waals surface area contributed by atoms with Crippen LogP contribution in [0.3, 0.4) is 0 Å². The summed E-state index contributed by atoms with van der Waals surface area (Å²) in [6, 6.07) is 0. The Morgan fingerprint density at radius 3 is 1.80 bits per heavy atom. The molecule has 0 N–H and O–H groups in total. The lowest BCUT2D eigenvalue weighted by Gasteiger charge is -1.94. The molecule has 0 aliphatic heterocycles. The average molecular weight is 134 g/mol. The van der Waals surface area contributed by atoms with Crippen LogP contribution in [0, 0.1) is 0 Å². The van der Waals surface area contributed by atoms with E-state index in [0.29, 0.717) is 0 Å². The van der Waals surface area contributed by atoms with Crippen LogP contribution in [0.5, 0.6) is 0 Å². The summed E-state index contributed by atoms with van der Waals surface area (Å²) in [7, 11) is 0. The molecule has 5 heavy (non-hydrogen) atoms. The minimum absolute atomic E-state index is 0.183. The fraction of sp³-hybridized carbons (Fsp3) is 1.00. The zero-order chi connectivity index (χ0) is 5.21. The molecule has 0 fully saturated rings. The Balaban J connectivity index is 3.17. The molecule has 3 heteroatoms. The maximum Gasteiger partial charge on any atom is 0.187 e. The Labute approximate surface area is 47.4 Å². The highest BCUT2D eigenvalue weighted by Crippen LogP contribution is 2.23. The van der Waals surface area contributed by atoms with Crippen molar-refractivity contribution in [1.29, 1.82) is 0 Å². The second-order valence-corrected chi connectivity index (χ2v) is 3.13. The van der Waals surface area contributed by atoms with Crippen molar-refractivity contribution in [2.75, 3.05) is 0 Å². The van der Waals surface area contributed by atoms with Gasteiger partial charge in [-0.15, -0.1) is 0 Å². The van der Waals surface area contributed by atoms with E-state index in [9.17, 15) is 0 Å². The van der Waals surface area contributed by atoms with E-state index in [4.69, 9.17) is 36.2 Å². The van der Waals surface area contributed by atoms with E-state index < -0.39 is 3.79 Å². The van der Waals surface area contributed by atoms with Crippen molar-refractivity contribution in [3.63, 3.8) is 0 Å². The fourth-order valence-corrected chi connectivity index (χ4v) is 0. The van der Waals surface area contributed by atoms with Gasteiger partial charge in [0, 0.05) is 1.37 Å². The van der Waals surface area contributed by atoms with Crippen LogP contribution in [0.4, 0.5) is 0 Å². The van der Waals surface area contributed by atoms with Crippen LogP contribution in [-0.2, 0) is 0 Å². The molecule has 0 aromatic carbocycles. The SMILES string of the molecule is [2H]CC(Cl)(Cl)Cl. The standard InChI is InChI=1S/C2H3Cl3/c1-2(3,4)5/h1H3/i1D. The van der Waals surface area contributed by atoms with Crippen LogP contribution in [-0.4, -0.2) is 3.79 Å². The molecule has 0 aromatic heterocycles. The third kappa shape index (κ3) is 53.0. The predicted octanol–water partition coefficient (Wildman–Crippen LogP) is 2.38. The first-order valence-corrected chi connectivity index (χ1v) is 2.05. The Bertz CT molecular complexity index is 38.5. The molecule has 0 bridgehead atoms. The van der Waals surface area contributed by atoms with Crippen molar-refractivity contribution < 1.29 is 1.37 Å². The summed E-state index contributed by atoms with van der Waals surface area (Å²) >= 11 is 15.2. The zero-order valence-electron chi connectivity index (χ0n) is 3.34. The van der Waals surface area contributed by atoms with Crippen LogP contribution >= 0.6 is 34.8 Å². The molecule has 0 saturated heterocycles. The van der Waals surface area contributed by atoms with Crippen LogP contribution in [0.2, 0.25) is 0 Å². The second kappa shape index (κ2) is 1.55. The van der Waals surface area contributed by atoms with Crippen LogP contribution in [0.25, 0.3) is 0 Å². The summed E-state index contributed by atoms with van der Waals surface area (Å²) in [5, 5.41) is 0. The molecule has 0 heterocycles. The van der Waals surface area contributed by atoms with Crippen molar-refractivity contribution in [2.45, 2.75) is 10.7 Å². The van der Waals surface area contributed by atoms with Crippen molar-refractivity contribution in [1.82, 2.24) is 0 Å². The molecule has 0 aliphatic rings. The van der Waals surface area contributed by atoms with E-state index in [1.807, 2.05) is 0 Å². The molecule has 0 rings (SSSR count). The lowest BCUT2D eigenvalue weighted by molar-refractivity contribution is 1.27. The third-order valence-electron chi connectivity index (χ3n) is 0. The maximum absolute atomic E-state index is 6.46. The first-order valence-electron chi connectivity index (χ1n) is 1.63. The summed E-state index contributed by atoms with van der Waals surface area (Å²) in [5.74, 6) is 0. The monoisotopic (exact) mass is 133 g/mol. The average Bonchev–Trinajstić information content (AvgIpc) is 1.35. The Hall–Kier alpha value is 0.870. The van der Waals surface area contributed by atoms with Crippen LogP contribution in [0.15, 0.2) is 0 Å². The van der Waals surface area contributed by atoms with Crippen molar-refractivity contribution >= 4 is 34.8 Å². The summed E-state index contributed by atoms with van der Waals surface area (Å²) in [6.07, 6.45) is 0. The highest BCUT2D eigenvalue weighted by atomic mass is 35.6. The maximum atomic E-state index is 6.46. The number of hydrogen-bond acceptors (Lipinski definition) is 0. The molecular weight excluding hydrogens is 130 g/mol. The molecule has 0 radical (unpaired) electrons. The molecule has 0 amide bonds. The highest BCUT2D eigenvalue weighted by molar-refractivity contribution is 6.67. The van der Waals surface area contributed by atoms with Gasteiger partial charge in [-0.1, -0.05) is 34.8 Å². The minimum atomic E-state index is -1.38. The smallest absolute Gasteiger partial charge is 0.0840 e. The summed E-state index contributed by atoms with van der Waals surface area (Å²) in [6.45, 7) is -0.183. The fourth-order valence-electron chi connectivity index (χ4n) is 0. The molecule has 0 saturated carbocycles. The topological polar surface area (TPSA) is 0 Å². The van der Waals surface area contributed by atoms with E-state index >= 15 is 0 Å². The van der Waals surface area contributed by atoms with Crippen LogP contribution < -0.4 is 0 Å². The largest absolute Gasteiger partial charge is 0.187 e. The van der Waals surface area contributed by atoms with E-state index in [2.05, 4.69) is 0 Å². The van der Waals surface area contributed by atoms with Gasteiger partial charge in [-0.25, -0.2) is 0 Å². The van der Waals surface area contributed by atoms with Crippen molar-refractivity contribution in [3.05, 3.63) is 0 Å². The minimum Gasteiger partial charge on any atom is -0.0840 e. The first kappa shape index (κ1) is 4.04. The normalized spacial score (nSPS) is 14.6. The zero-order valence-corrected chi connectivity index (χ0v) is 4.61. The highest BCUT2D eigenvalue weighted by Gasteiger charge is 2.07. The van der Waals surface area contributed by atoms with E-state index in [-0.39, 0.29) is 6.90 Å². The van der Waals surface area contributed by atoms with Gasteiger partial charge in [-0.2, -0.15) is 0 Å². The number of rotatable bonds is 0. The van der Waals surface area contributed by atoms with Gasteiger partial charge in [0.1, 0.15) is 0 Å². The van der Waals surface area contributed by atoms with Crippen molar-refractivity contribution in [3.8, 4) is 0 Å². The molecule has 0 aromatic rings. The van der Waals surface area contributed by atoms with Gasteiger partial charge in [0.15, 0.2) is 3.79 Å². The summed E-state index contributed by atoms with van der Waals surface area (Å²) in [5.41, 5.74) is 0. The summed E-state index contributed by atoms with van der Waals surface area (Å²) in [4.78, 5) is 0. The molecular formula is C2H3Cl3. The van der Waals surface area contributed by atoms with Crippen molar-refractivity contribution in [2.24, 2.45) is 0 Å². The Morgan fingerprint density at radius 2 is 1.80 bits per heavy atom. The van der Waals surface area contributed by atoms with Gasteiger partial charge in [0.2, 0.25) is 0 Å². The molecule has 0 aliphatic carbocycles. The van der Waals surface area contributed by atoms with Gasteiger partial charge in [-0.3, -0.25) is 0 Å². The van der Waals surface area contributed by atoms with Gasteiger partial charge in [0.05, 0.1) is 0 Å². The molecule has 0 spiro atoms. The third-order valence-corrected chi connectivity index (χ3v) is 0. The lowest BCUT2D eigenvalue weighted by Crippen LogP contribution is -1.87.